The first-order chi connectivity index (χ1) is 11.7. The van der Waals surface area contributed by atoms with Crippen LogP contribution < -0.4 is 10.6 Å². The van der Waals surface area contributed by atoms with E-state index >= 15 is 0 Å². The third kappa shape index (κ3) is 7.24. The maximum absolute atomic E-state index is 13.2. The Morgan fingerprint density at radius 1 is 1.20 bits per heavy atom. The van der Waals surface area contributed by atoms with E-state index in [1.807, 2.05) is 0 Å². The van der Waals surface area contributed by atoms with Gasteiger partial charge in [-0.25, -0.2) is 4.39 Å². The van der Waals surface area contributed by atoms with Crippen molar-refractivity contribution in [1.82, 2.24) is 10.6 Å². The third-order valence-electron chi connectivity index (χ3n) is 4.25. The number of hydrogen-bond acceptors (Lipinski definition) is 2. The Morgan fingerprint density at radius 2 is 1.84 bits per heavy atom. The maximum Gasteiger partial charge on any atom is 0.223 e. The molecule has 2 N–H and O–H groups in total. The van der Waals surface area contributed by atoms with Gasteiger partial charge in [-0.15, -0.1) is 0 Å². The van der Waals surface area contributed by atoms with Crippen LogP contribution in [-0.4, -0.2) is 18.4 Å². The fourth-order valence-electron chi connectivity index (χ4n) is 2.78. The molecule has 0 radical (unpaired) electrons. The van der Waals surface area contributed by atoms with Gasteiger partial charge in [0, 0.05) is 18.9 Å². The minimum absolute atomic E-state index is 0.0323. The van der Waals surface area contributed by atoms with Crippen molar-refractivity contribution in [3.63, 3.8) is 0 Å². The van der Waals surface area contributed by atoms with Gasteiger partial charge in [-0.2, -0.15) is 0 Å². The maximum atomic E-state index is 13.2. The van der Waals surface area contributed by atoms with Crippen LogP contribution >= 0.6 is 0 Å². The molecule has 2 amide bonds. The van der Waals surface area contributed by atoms with Gasteiger partial charge in [-0.3, -0.25) is 9.59 Å². The Balaban J connectivity index is 1.83. The predicted molar refractivity (Wildman–Crippen MR) is 96.3 cm³/mol. The molecule has 1 fully saturated rings. The molecule has 1 aliphatic carbocycles. The predicted octanol–water partition coefficient (Wildman–Crippen LogP) is 3.73. The number of carbonyl (C=O) groups excluding carboxylic acids is 2. The lowest BCUT2D eigenvalue weighted by Gasteiger charge is -2.27. The van der Waals surface area contributed by atoms with Crippen LogP contribution in [0.5, 0.6) is 0 Å². The van der Waals surface area contributed by atoms with E-state index in [9.17, 15) is 14.0 Å². The molecule has 0 saturated heterocycles. The second kappa shape index (κ2) is 8.45. The van der Waals surface area contributed by atoms with Crippen molar-refractivity contribution >= 4 is 11.8 Å². The summed E-state index contributed by atoms with van der Waals surface area (Å²) in [7, 11) is 0. The lowest BCUT2D eigenvalue weighted by molar-refractivity contribution is -0.124. The van der Waals surface area contributed by atoms with E-state index < -0.39 is 0 Å². The van der Waals surface area contributed by atoms with E-state index in [-0.39, 0.29) is 35.0 Å². The third-order valence-corrected chi connectivity index (χ3v) is 4.25. The largest absolute Gasteiger partial charge is 0.356 e. The molecule has 0 aliphatic heterocycles. The summed E-state index contributed by atoms with van der Waals surface area (Å²) in [6.45, 7) is 6.87. The van der Waals surface area contributed by atoms with Gasteiger partial charge < -0.3 is 10.6 Å². The highest BCUT2D eigenvalue weighted by Gasteiger charge is 2.29. The number of amides is 2. The van der Waals surface area contributed by atoms with Crippen LogP contribution in [0.25, 0.3) is 0 Å². The molecule has 1 unspecified atom stereocenters. The molecule has 0 bridgehead atoms. The number of carbonyl (C=O) groups is 2. The first-order valence-corrected chi connectivity index (χ1v) is 9.07. The van der Waals surface area contributed by atoms with Gasteiger partial charge in [0.15, 0.2) is 0 Å². The summed E-state index contributed by atoms with van der Waals surface area (Å²) in [6, 6.07) is 6.15. The number of nitrogens with one attached hydrogen (secondary N) is 2. The molecule has 1 atom stereocenters. The summed E-state index contributed by atoms with van der Waals surface area (Å²) in [6.07, 6.45) is 3.72. The average molecular weight is 348 g/mol. The highest BCUT2D eigenvalue weighted by atomic mass is 19.1. The van der Waals surface area contributed by atoms with Gasteiger partial charge >= 0.3 is 0 Å². The molecule has 25 heavy (non-hydrogen) atoms. The van der Waals surface area contributed by atoms with Crippen LogP contribution in [0, 0.1) is 17.2 Å². The van der Waals surface area contributed by atoms with E-state index in [2.05, 4.69) is 31.4 Å². The Kier molecular flexibility index (Phi) is 6.57. The van der Waals surface area contributed by atoms with Crippen LogP contribution in [-0.2, 0) is 9.59 Å². The highest BCUT2D eigenvalue weighted by molar-refractivity contribution is 5.81. The van der Waals surface area contributed by atoms with Crippen LogP contribution in [0.2, 0.25) is 0 Å². The van der Waals surface area contributed by atoms with Gasteiger partial charge in [0.1, 0.15) is 5.82 Å². The first kappa shape index (κ1) is 19.4. The van der Waals surface area contributed by atoms with E-state index in [4.69, 9.17) is 0 Å². The van der Waals surface area contributed by atoms with E-state index in [1.165, 1.54) is 12.1 Å². The number of benzene rings is 1. The van der Waals surface area contributed by atoms with Crippen molar-refractivity contribution in [1.29, 1.82) is 0 Å². The van der Waals surface area contributed by atoms with Gasteiger partial charge in [-0.05, 0) is 48.8 Å². The molecule has 1 aliphatic rings. The molecule has 1 aromatic carbocycles. The Morgan fingerprint density at radius 3 is 2.40 bits per heavy atom. The topological polar surface area (TPSA) is 58.2 Å². The summed E-state index contributed by atoms with van der Waals surface area (Å²) in [4.78, 5) is 23.8. The van der Waals surface area contributed by atoms with Gasteiger partial charge in [0.2, 0.25) is 11.8 Å². The van der Waals surface area contributed by atoms with Crippen molar-refractivity contribution < 1.29 is 14.0 Å². The SMILES string of the molecule is CC(C)(C)CC(NC(=O)CCCNC(=O)C1CC1)c1ccc(F)cc1. The molecule has 0 heterocycles. The minimum Gasteiger partial charge on any atom is -0.356 e. The monoisotopic (exact) mass is 348 g/mol. The second-order valence-electron chi connectivity index (χ2n) is 8.11. The molecule has 5 heteroatoms. The van der Waals surface area contributed by atoms with Crippen molar-refractivity contribution in [3.05, 3.63) is 35.6 Å². The highest BCUT2D eigenvalue weighted by Crippen LogP contribution is 2.30. The van der Waals surface area contributed by atoms with Crippen molar-refractivity contribution in [3.8, 4) is 0 Å². The summed E-state index contributed by atoms with van der Waals surface area (Å²) in [5, 5.41) is 5.93. The van der Waals surface area contributed by atoms with Gasteiger partial charge in [-0.1, -0.05) is 32.9 Å². The Bertz CT molecular complexity index is 589. The molecule has 1 aromatic rings. The van der Waals surface area contributed by atoms with E-state index in [1.54, 1.807) is 12.1 Å². The Hall–Kier alpha value is -1.91. The molecule has 0 aromatic heterocycles. The molecule has 4 nitrogen and oxygen atoms in total. The molecule has 138 valence electrons. The molecule has 1 saturated carbocycles. The summed E-state index contributed by atoms with van der Waals surface area (Å²) in [5.41, 5.74) is 0.941. The average Bonchev–Trinajstić information content (AvgIpc) is 3.35. The van der Waals surface area contributed by atoms with Gasteiger partial charge in [0.25, 0.3) is 0 Å². The fourth-order valence-corrected chi connectivity index (χ4v) is 2.78. The number of halogens is 1. The van der Waals surface area contributed by atoms with Crippen LogP contribution in [0.15, 0.2) is 24.3 Å². The van der Waals surface area contributed by atoms with Crippen molar-refractivity contribution in [2.75, 3.05) is 6.54 Å². The normalized spacial score (nSPS) is 15.5. The van der Waals surface area contributed by atoms with E-state index in [0.29, 0.717) is 19.4 Å². The standard InChI is InChI=1S/C20H29FN2O2/c1-20(2,3)13-17(14-8-10-16(21)11-9-14)23-18(24)5-4-12-22-19(25)15-6-7-15/h8-11,15,17H,4-7,12-13H2,1-3H3,(H,22,25)(H,23,24). The number of hydrogen-bond donors (Lipinski definition) is 2. The van der Waals surface area contributed by atoms with Crippen LogP contribution in [0.1, 0.15) is 64.5 Å². The van der Waals surface area contributed by atoms with Crippen LogP contribution in [0.3, 0.4) is 0 Å². The summed E-state index contributed by atoms with van der Waals surface area (Å²) >= 11 is 0. The zero-order chi connectivity index (χ0) is 18.4. The minimum atomic E-state index is -0.281. The van der Waals surface area contributed by atoms with E-state index in [0.717, 1.165) is 24.8 Å². The lowest BCUT2D eigenvalue weighted by atomic mass is 9.85. The quantitative estimate of drug-likeness (QED) is 0.703. The smallest absolute Gasteiger partial charge is 0.223 e. The molecule has 2 rings (SSSR count). The Labute approximate surface area is 149 Å². The van der Waals surface area contributed by atoms with Crippen LogP contribution in [0.4, 0.5) is 4.39 Å². The first-order valence-electron chi connectivity index (χ1n) is 9.07. The van der Waals surface area contributed by atoms with Crippen molar-refractivity contribution in [2.45, 2.75) is 58.9 Å². The lowest BCUT2D eigenvalue weighted by Crippen LogP contribution is -2.32. The molecule has 0 spiro atoms. The number of rotatable bonds is 8. The fraction of sp³-hybridized carbons (Fsp3) is 0.600. The second-order valence-corrected chi connectivity index (χ2v) is 8.11. The molecular formula is C20H29FN2O2. The van der Waals surface area contributed by atoms with Gasteiger partial charge in [0.05, 0.1) is 6.04 Å². The van der Waals surface area contributed by atoms with Crippen molar-refractivity contribution in [2.24, 2.45) is 11.3 Å². The zero-order valence-electron chi connectivity index (χ0n) is 15.4. The summed E-state index contributed by atoms with van der Waals surface area (Å²) in [5.74, 6) is -0.0176. The summed E-state index contributed by atoms with van der Waals surface area (Å²) < 4.78 is 13.2. The zero-order valence-corrected chi connectivity index (χ0v) is 15.4. The molecular weight excluding hydrogens is 319 g/mol.